The molecular formula is C31H42ClN7O2. The molecule has 1 aromatic carbocycles. The average Bonchev–Trinajstić information content (AvgIpc) is 3.22. The van der Waals surface area contributed by atoms with Crippen molar-refractivity contribution in [2.24, 2.45) is 5.41 Å². The number of methoxy groups -OCH3 is 1. The second-order valence-corrected chi connectivity index (χ2v) is 13.1. The van der Waals surface area contributed by atoms with Crippen LogP contribution in [0.1, 0.15) is 55.0 Å². The van der Waals surface area contributed by atoms with E-state index in [1.807, 2.05) is 17.9 Å². The highest BCUT2D eigenvalue weighted by Gasteiger charge is 2.55. The lowest BCUT2D eigenvalue weighted by molar-refractivity contribution is -0.149. The summed E-state index contributed by atoms with van der Waals surface area (Å²) in [6, 6.07) is 2.11. The second kappa shape index (κ2) is 10.4. The molecule has 2 aliphatic heterocycles. The largest absolute Gasteiger partial charge is 0.398 e. The van der Waals surface area contributed by atoms with Crippen molar-refractivity contribution in [1.29, 1.82) is 5.41 Å². The van der Waals surface area contributed by atoms with Crippen LogP contribution in [-0.2, 0) is 9.53 Å². The molecule has 1 amide bonds. The molecule has 4 aliphatic rings. The number of aryl methyl sites for hydroxylation is 1. The van der Waals surface area contributed by atoms with Crippen molar-refractivity contribution in [2.75, 3.05) is 63.6 Å². The van der Waals surface area contributed by atoms with E-state index in [2.05, 4.69) is 28.0 Å². The van der Waals surface area contributed by atoms with Gasteiger partial charge in [0.1, 0.15) is 0 Å². The molecule has 10 heteroatoms. The Balaban J connectivity index is 1.40. The van der Waals surface area contributed by atoms with E-state index in [4.69, 9.17) is 32.6 Å². The molecule has 3 N–H and O–H groups in total. The van der Waals surface area contributed by atoms with E-state index in [9.17, 15) is 4.79 Å². The maximum absolute atomic E-state index is 12.1. The SMILES string of the molecule is C=CC(=O)N1CC2(CC(n3nc(N4CCN(CCOC)CC45CCC5)c(-c4c(Cl)c(C)cc(N)c4C=N)c3C)C2)C1. The highest BCUT2D eigenvalue weighted by atomic mass is 35.5. The fraction of sp³-hybridized carbons (Fsp3) is 0.581. The van der Waals surface area contributed by atoms with E-state index >= 15 is 0 Å². The molecule has 9 nitrogen and oxygen atoms in total. The fourth-order valence-corrected chi connectivity index (χ4v) is 8.06. The molecule has 41 heavy (non-hydrogen) atoms. The Hall–Kier alpha value is -2.88. The van der Waals surface area contributed by atoms with Gasteiger partial charge in [-0.05, 0) is 63.7 Å². The fourth-order valence-electron chi connectivity index (χ4n) is 7.81. The molecule has 0 unspecified atom stereocenters. The first-order valence-corrected chi connectivity index (χ1v) is 15.1. The van der Waals surface area contributed by atoms with Crippen molar-refractivity contribution < 1.29 is 9.53 Å². The molecule has 2 spiro atoms. The third kappa shape index (κ3) is 4.48. The number of rotatable bonds is 8. The van der Waals surface area contributed by atoms with E-state index < -0.39 is 0 Å². The number of likely N-dealkylation sites (tertiary alicyclic amines) is 1. The van der Waals surface area contributed by atoms with Gasteiger partial charge in [0.25, 0.3) is 0 Å². The number of benzene rings is 1. The van der Waals surface area contributed by atoms with Gasteiger partial charge >= 0.3 is 0 Å². The molecule has 0 radical (unpaired) electrons. The summed E-state index contributed by atoms with van der Waals surface area (Å²) in [4.78, 5) is 19.0. The zero-order valence-corrected chi connectivity index (χ0v) is 25.3. The van der Waals surface area contributed by atoms with Gasteiger partial charge in [-0.15, -0.1) is 0 Å². The predicted octanol–water partition coefficient (Wildman–Crippen LogP) is 4.44. The molecule has 4 fully saturated rings. The number of nitrogens with one attached hydrogen (secondary N) is 1. The lowest BCUT2D eigenvalue weighted by Gasteiger charge is -2.59. The van der Waals surface area contributed by atoms with Gasteiger partial charge in [-0.25, -0.2) is 0 Å². The number of ether oxygens (including phenoxy) is 1. The van der Waals surface area contributed by atoms with Crippen LogP contribution in [0.25, 0.3) is 11.1 Å². The Labute approximate surface area is 247 Å². The Morgan fingerprint density at radius 2 is 1.98 bits per heavy atom. The molecule has 2 aromatic rings. The minimum absolute atomic E-state index is 0.0141. The number of hydrogen-bond acceptors (Lipinski definition) is 7. The number of halogens is 1. The van der Waals surface area contributed by atoms with Crippen LogP contribution in [0.15, 0.2) is 18.7 Å². The smallest absolute Gasteiger partial charge is 0.245 e. The van der Waals surface area contributed by atoms with Crippen molar-refractivity contribution >= 4 is 35.2 Å². The summed E-state index contributed by atoms with van der Waals surface area (Å²) in [6.45, 7) is 13.8. The van der Waals surface area contributed by atoms with E-state index in [1.165, 1.54) is 18.7 Å². The van der Waals surface area contributed by atoms with Crippen molar-refractivity contribution in [3.63, 3.8) is 0 Å². The maximum atomic E-state index is 12.1. The molecule has 1 aromatic heterocycles. The quantitative estimate of drug-likeness (QED) is 0.272. The van der Waals surface area contributed by atoms with Gasteiger partial charge in [-0.2, -0.15) is 5.10 Å². The number of carbonyl (C=O) groups excluding carboxylic acids is 1. The van der Waals surface area contributed by atoms with Gasteiger partial charge in [0.2, 0.25) is 5.91 Å². The summed E-state index contributed by atoms with van der Waals surface area (Å²) in [5.74, 6) is 0.974. The average molecular weight is 580 g/mol. The van der Waals surface area contributed by atoms with Gasteiger partial charge < -0.3 is 25.7 Å². The zero-order valence-electron chi connectivity index (χ0n) is 24.5. The van der Waals surface area contributed by atoms with E-state index in [0.717, 1.165) is 99.8 Å². The monoisotopic (exact) mass is 579 g/mol. The minimum atomic E-state index is 0.0141. The van der Waals surface area contributed by atoms with E-state index in [0.29, 0.717) is 16.3 Å². The summed E-state index contributed by atoms with van der Waals surface area (Å²) in [5.41, 5.74) is 11.7. The van der Waals surface area contributed by atoms with Gasteiger partial charge in [0.05, 0.1) is 23.2 Å². The number of amides is 1. The number of nitrogens with two attached hydrogens (primary N) is 1. The number of nitrogen functional groups attached to an aromatic ring is 1. The molecule has 3 heterocycles. The van der Waals surface area contributed by atoms with Crippen LogP contribution in [0.3, 0.4) is 0 Å². The summed E-state index contributed by atoms with van der Waals surface area (Å²) >= 11 is 7.06. The third-order valence-corrected chi connectivity index (χ3v) is 10.6. The molecule has 220 valence electrons. The lowest BCUT2D eigenvalue weighted by Crippen LogP contribution is -2.66. The highest BCUT2D eigenvalue weighted by molar-refractivity contribution is 6.35. The molecular weight excluding hydrogens is 538 g/mol. The topological polar surface area (TPSA) is 104 Å². The van der Waals surface area contributed by atoms with Crippen LogP contribution in [0, 0.1) is 24.7 Å². The van der Waals surface area contributed by atoms with E-state index in [1.54, 1.807) is 7.11 Å². The first kappa shape index (κ1) is 28.2. The van der Waals surface area contributed by atoms with Crippen molar-refractivity contribution in [1.82, 2.24) is 19.6 Å². The Morgan fingerprint density at radius 1 is 1.24 bits per heavy atom. The zero-order chi connectivity index (χ0) is 29.1. The first-order chi connectivity index (χ1) is 19.7. The standard InChI is InChI=1S/C31H42ClN7O2/c1-5-25(40)37-17-30(18-37)14-22(15-30)39-21(3)26(27-23(16-33)24(34)13-20(2)28(27)32)29(35-39)38-10-9-36(11-12-41-4)19-31(38)7-6-8-31/h5,13,16,22,33H,1,6-12,14-15,17-19,34H2,2-4H3. The van der Waals surface area contributed by atoms with Crippen molar-refractivity contribution in [3.05, 3.63) is 40.6 Å². The molecule has 0 atom stereocenters. The van der Waals surface area contributed by atoms with Crippen LogP contribution in [-0.4, -0.2) is 90.2 Å². The molecule has 2 saturated carbocycles. The van der Waals surface area contributed by atoms with Crippen LogP contribution >= 0.6 is 11.6 Å². The Morgan fingerprint density at radius 3 is 2.59 bits per heavy atom. The summed E-state index contributed by atoms with van der Waals surface area (Å²) in [6.07, 6.45) is 8.18. The van der Waals surface area contributed by atoms with Crippen molar-refractivity contribution in [2.45, 2.75) is 57.5 Å². The molecule has 0 bridgehead atoms. The molecule has 6 rings (SSSR count). The first-order valence-electron chi connectivity index (χ1n) is 14.7. The maximum Gasteiger partial charge on any atom is 0.245 e. The third-order valence-electron chi connectivity index (χ3n) is 10.1. The van der Waals surface area contributed by atoms with Gasteiger partial charge in [0, 0.05) is 86.1 Å². The van der Waals surface area contributed by atoms with Crippen molar-refractivity contribution in [3.8, 4) is 11.1 Å². The van der Waals surface area contributed by atoms with E-state index in [-0.39, 0.29) is 22.9 Å². The van der Waals surface area contributed by atoms with Crippen LogP contribution in [0.2, 0.25) is 5.02 Å². The Kier molecular flexibility index (Phi) is 7.19. The Bertz CT molecular complexity index is 1380. The highest BCUT2D eigenvalue weighted by Crippen LogP contribution is 2.56. The number of piperazine rings is 1. The normalized spacial score (nSPS) is 21.5. The predicted molar refractivity (Wildman–Crippen MR) is 164 cm³/mol. The summed E-state index contributed by atoms with van der Waals surface area (Å²) in [7, 11) is 1.76. The molecule has 2 saturated heterocycles. The van der Waals surface area contributed by atoms with Gasteiger partial charge in [0.15, 0.2) is 5.82 Å². The summed E-state index contributed by atoms with van der Waals surface area (Å²) in [5, 5.41) is 14.3. The van der Waals surface area contributed by atoms with Crippen LogP contribution < -0.4 is 10.6 Å². The number of carbonyl (C=O) groups is 1. The van der Waals surface area contributed by atoms with Crippen LogP contribution in [0.5, 0.6) is 0 Å². The number of anilines is 2. The van der Waals surface area contributed by atoms with Crippen LogP contribution in [0.4, 0.5) is 11.5 Å². The summed E-state index contributed by atoms with van der Waals surface area (Å²) < 4.78 is 7.60. The van der Waals surface area contributed by atoms with Gasteiger partial charge in [-0.1, -0.05) is 18.2 Å². The number of hydrogen-bond donors (Lipinski definition) is 2. The number of nitrogens with zero attached hydrogens (tertiary/aromatic N) is 5. The lowest BCUT2D eigenvalue weighted by atomic mass is 9.60. The molecule has 2 aliphatic carbocycles. The number of aromatic nitrogens is 2. The van der Waals surface area contributed by atoms with Gasteiger partial charge in [-0.3, -0.25) is 14.4 Å². The minimum Gasteiger partial charge on any atom is -0.398 e. The second-order valence-electron chi connectivity index (χ2n) is 12.7.